The van der Waals surface area contributed by atoms with Gasteiger partial charge in [-0.1, -0.05) is 36.4 Å². The molecule has 3 rings (SSSR count). The fourth-order valence-corrected chi connectivity index (χ4v) is 4.59. The molecule has 0 spiro atoms. The van der Waals surface area contributed by atoms with Crippen molar-refractivity contribution in [1.29, 1.82) is 5.41 Å². The van der Waals surface area contributed by atoms with Gasteiger partial charge in [0, 0.05) is 29.2 Å². The van der Waals surface area contributed by atoms with Crippen LogP contribution in [0.25, 0.3) is 0 Å². The van der Waals surface area contributed by atoms with Crippen molar-refractivity contribution in [2.75, 3.05) is 12.8 Å². The molecule has 1 aliphatic carbocycles. The van der Waals surface area contributed by atoms with E-state index in [2.05, 4.69) is 5.32 Å². The number of carbonyl (C=O) groups is 3. The fraction of sp³-hybridized carbons (Fsp3) is 0.440. The minimum atomic E-state index is -1.07. The van der Waals surface area contributed by atoms with E-state index in [1.807, 2.05) is 43.5 Å². The van der Waals surface area contributed by atoms with E-state index in [0.29, 0.717) is 17.8 Å². The normalized spacial score (nSPS) is 19.5. The molecule has 1 heterocycles. The third kappa shape index (κ3) is 6.08. The summed E-state index contributed by atoms with van der Waals surface area (Å²) in [4.78, 5) is 40.7. The SMILES string of the molecule is CSC1=C(C)C(N2CC(C(=O)N[C@H](Cc3ccccc3)C(=O)OC(C)(C)C)OC2=O)=CCC1=N. The van der Waals surface area contributed by atoms with Crippen molar-refractivity contribution in [2.45, 2.75) is 58.3 Å². The van der Waals surface area contributed by atoms with E-state index in [1.165, 1.54) is 16.7 Å². The molecule has 2 N–H and O–H groups in total. The molecule has 1 fully saturated rings. The van der Waals surface area contributed by atoms with E-state index < -0.39 is 35.7 Å². The molecule has 9 heteroatoms. The van der Waals surface area contributed by atoms with Gasteiger partial charge in [0.1, 0.15) is 11.6 Å². The van der Waals surface area contributed by atoms with Crippen molar-refractivity contribution < 1.29 is 23.9 Å². The number of nitrogens with zero attached hydrogens (tertiary/aromatic N) is 1. The molecule has 8 nitrogen and oxygen atoms in total. The van der Waals surface area contributed by atoms with Gasteiger partial charge in [0.25, 0.3) is 5.91 Å². The molecule has 1 saturated heterocycles. The molecule has 0 radical (unpaired) electrons. The van der Waals surface area contributed by atoms with Crippen molar-refractivity contribution in [3.63, 3.8) is 0 Å². The van der Waals surface area contributed by atoms with Crippen LogP contribution in [0, 0.1) is 5.41 Å². The van der Waals surface area contributed by atoms with Crippen molar-refractivity contribution in [3.05, 3.63) is 58.1 Å². The first-order valence-corrected chi connectivity index (χ1v) is 12.3. The zero-order valence-corrected chi connectivity index (χ0v) is 21.0. The summed E-state index contributed by atoms with van der Waals surface area (Å²) in [5.41, 5.74) is 2.10. The smallest absolute Gasteiger partial charge is 0.415 e. The highest BCUT2D eigenvalue weighted by molar-refractivity contribution is 8.03. The van der Waals surface area contributed by atoms with Crippen LogP contribution in [0.2, 0.25) is 0 Å². The first-order chi connectivity index (χ1) is 16.0. The number of benzene rings is 1. The Hall–Kier alpha value is -3.07. The average Bonchev–Trinajstić information content (AvgIpc) is 3.14. The number of rotatable bonds is 7. The largest absolute Gasteiger partial charge is 0.458 e. The highest BCUT2D eigenvalue weighted by Gasteiger charge is 2.40. The third-order valence-corrected chi connectivity index (χ3v) is 6.35. The number of cyclic esters (lactones) is 1. The number of ether oxygens (including phenoxy) is 2. The molecule has 2 atom stereocenters. The van der Waals surface area contributed by atoms with Crippen LogP contribution < -0.4 is 5.32 Å². The molecular formula is C25H31N3O5S. The Labute approximate surface area is 204 Å². The van der Waals surface area contributed by atoms with Crippen LogP contribution in [-0.4, -0.2) is 59.1 Å². The van der Waals surface area contributed by atoms with Crippen LogP contribution in [0.3, 0.4) is 0 Å². The lowest BCUT2D eigenvalue weighted by molar-refractivity contribution is -0.159. The molecule has 2 aliphatic rings. The van der Waals surface area contributed by atoms with Crippen molar-refractivity contribution in [3.8, 4) is 0 Å². The van der Waals surface area contributed by atoms with Crippen LogP contribution in [0.5, 0.6) is 0 Å². The molecule has 1 aromatic rings. The second kappa shape index (κ2) is 10.5. The quantitative estimate of drug-likeness (QED) is 0.569. The number of hydrogen-bond donors (Lipinski definition) is 2. The number of hydrogen-bond acceptors (Lipinski definition) is 7. The third-order valence-electron chi connectivity index (χ3n) is 5.39. The van der Waals surface area contributed by atoms with Gasteiger partial charge in [0.05, 0.1) is 6.54 Å². The molecule has 34 heavy (non-hydrogen) atoms. The summed E-state index contributed by atoms with van der Waals surface area (Å²) in [5.74, 6) is -1.11. The molecule has 1 aliphatic heterocycles. The van der Waals surface area contributed by atoms with Gasteiger partial charge >= 0.3 is 12.1 Å². The number of esters is 1. The zero-order valence-electron chi connectivity index (χ0n) is 20.1. The number of allylic oxidation sites excluding steroid dienone is 3. The number of carbonyl (C=O) groups excluding carboxylic acids is 3. The van der Waals surface area contributed by atoms with E-state index >= 15 is 0 Å². The summed E-state index contributed by atoms with van der Waals surface area (Å²) in [6.07, 6.45) is 2.65. The summed E-state index contributed by atoms with van der Waals surface area (Å²) in [6.45, 7) is 7.16. The Bertz CT molecular complexity index is 1040. The van der Waals surface area contributed by atoms with Gasteiger partial charge in [0.2, 0.25) is 0 Å². The Morgan fingerprint density at radius 1 is 1.29 bits per heavy atom. The van der Waals surface area contributed by atoms with Gasteiger partial charge in [-0.3, -0.25) is 9.69 Å². The van der Waals surface area contributed by atoms with Crippen LogP contribution in [0.4, 0.5) is 4.79 Å². The summed E-state index contributed by atoms with van der Waals surface area (Å²) in [7, 11) is 0. The molecule has 182 valence electrons. The summed E-state index contributed by atoms with van der Waals surface area (Å²) in [6, 6.07) is 8.39. The van der Waals surface area contributed by atoms with Gasteiger partial charge < -0.3 is 20.2 Å². The Kier molecular flexibility index (Phi) is 7.86. The molecule has 1 unspecified atom stereocenters. The summed E-state index contributed by atoms with van der Waals surface area (Å²) in [5, 5.41) is 10.8. The first-order valence-electron chi connectivity index (χ1n) is 11.1. The van der Waals surface area contributed by atoms with E-state index in [9.17, 15) is 14.4 Å². The maximum Gasteiger partial charge on any atom is 0.415 e. The lowest BCUT2D eigenvalue weighted by Gasteiger charge is -2.25. The van der Waals surface area contributed by atoms with Crippen molar-refractivity contribution in [1.82, 2.24) is 10.2 Å². The average molecular weight is 486 g/mol. The predicted octanol–water partition coefficient (Wildman–Crippen LogP) is 3.82. The van der Waals surface area contributed by atoms with Crippen molar-refractivity contribution in [2.24, 2.45) is 0 Å². The Morgan fingerprint density at radius 3 is 2.59 bits per heavy atom. The highest BCUT2D eigenvalue weighted by atomic mass is 32.2. The van der Waals surface area contributed by atoms with Gasteiger partial charge in [-0.15, -0.1) is 11.8 Å². The summed E-state index contributed by atoms with van der Waals surface area (Å²) >= 11 is 1.45. The minimum Gasteiger partial charge on any atom is -0.458 e. The second-order valence-corrected chi connectivity index (χ2v) is 10.0. The molecule has 0 aromatic heterocycles. The Balaban J connectivity index is 1.74. The monoisotopic (exact) mass is 485 g/mol. The standard InChI is InChI=1S/C25H31N3O5S/c1-15-19(12-11-17(26)21(15)34-5)28-14-20(32-24(28)31)22(29)27-18(23(30)33-25(2,3)4)13-16-9-7-6-8-10-16/h6-10,12,18,20,26H,11,13-14H2,1-5H3,(H,27,29)/t18-,20?/m1/s1. The van der Waals surface area contributed by atoms with Crippen LogP contribution in [0.1, 0.15) is 39.7 Å². The molecule has 0 saturated carbocycles. The van der Waals surface area contributed by atoms with E-state index in [-0.39, 0.29) is 13.0 Å². The van der Waals surface area contributed by atoms with Gasteiger partial charge in [0.15, 0.2) is 6.10 Å². The molecule has 1 aromatic carbocycles. The molecule has 2 amide bonds. The van der Waals surface area contributed by atoms with Crippen LogP contribution in [0.15, 0.2) is 52.6 Å². The number of amides is 2. The van der Waals surface area contributed by atoms with Gasteiger partial charge in [-0.25, -0.2) is 9.59 Å². The maximum absolute atomic E-state index is 13.1. The Morgan fingerprint density at radius 2 is 1.97 bits per heavy atom. The van der Waals surface area contributed by atoms with E-state index in [1.54, 1.807) is 26.8 Å². The maximum atomic E-state index is 13.1. The first kappa shape index (κ1) is 25.6. The number of nitrogens with one attached hydrogen (secondary N) is 2. The second-order valence-electron chi connectivity index (χ2n) is 9.20. The zero-order chi connectivity index (χ0) is 25.0. The lowest BCUT2D eigenvalue weighted by Crippen LogP contribution is -2.49. The van der Waals surface area contributed by atoms with Crippen molar-refractivity contribution >= 4 is 35.4 Å². The minimum absolute atomic E-state index is 0.0230. The number of thioether (sulfide) groups is 1. The lowest BCUT2D eigenvalue weighted by atomic mass is 10.0. The van der Waals surface area contributed by atoms with Gasteiger partial charge in [-0.2, -0.15) is 0 Å². The van der Waals surface area contributed by atoms with E-state index in [4.69, 9.17) is 14.9 Å². The van der Waals surface area contributed by atoms with Gasteiger partial charge in [-0.05, 0) is 45.1 Å². The predicted molar refractivity (Wildman–Crippen MR) is 132 cm³/mol. The molecular weight excluding hydrogens is 454 g/mol. The van der Waals surface area contributed by atoms with Crippen LogP contribution in [-0.2, 0) is 25.5 Å². The highest BCUT2D eigenvalue weighted by Crippen LogP contribution is 2.33. The fourth-order valence-electron chi connectivity index (χ4n) is 3.85. The topological polar surface area (TPSA) is 109 Å². The van der Waals surface area contributed by atoms with Crippen LogP contribution >= 0.6 is 11.8 Å². The summed E-state index contributed by atoms with van der Waals surface area (Å²) < 4.78 is 10.9. The molecule has 0 bridgehead atoms. The van der Waals surface area contributed by atoms with E-state index in [0.717, 1.165) is 16.0 Å².